The van der Waals surface area contributed by atoms with Gasteiger partial charge in [-0.3, -0.25) is 4.90 Å². The van der Waals surface area contributed by atoms with Crippen molar-refractivity contribution in [2.75, 3.05) is 13.6 Å². The van der Waals surface area contributed by atoms with Crippen LogP contribution in [0.1, 0.15) is 28.4 Å². The third-order valence-electron chi connectivity index (χ3n) is 4.44. The number of likely N-dealkylation sites (N-methyl/N-ethyl adjacent to an activating group) is 1. The Balaban J connectivity index is 1.56. The van der Waals surface area contributed by atoms with Gasteiger partial charge in [0.1, 0.15) is 0 Å². The highest BCUT2D eigenvalue weighted by molar-refractivity contribution is 6.30. The van der Waals surface area contributed by atoms with Crippen LogP contribution in [0.4, 0.5) is 0 Å². The van der Waals surface area contributed by atoms with Gasteiger partial charge in [-0.25, -0.2) is 0 Å². The molecule has 0 aliphatic heterocycles. The summed E-state index contributed by atoms with van der Waals surface area (Å²) in [5, 5.41) is 11.3. The highest BCUT2D eigenvalue weighted by Gasteiger charge is 2.10. The molecule has 0 saturated carbocycles. The van der Waals surface area contributed by atoms with Crippen LogP contribution >= 0.6 is 11.6 Å². The predicted molar refractivity (Wildman–Crippen MR) is 115 cm³/mol. The van der Waals surface area contributed by atoms with Gasteiger partial charge in [-0.05, 0) is 41.4 Å². The minimum Gasteiger partial charge on any atom is -0.387 e. The number of aliphatic hydroxyl groups excluding tert-OH is 1. The molecule has 0 saturated heterocycles. The molecule has 0 heterocycles. The first-order chi connectivity index (χ1) is 13.1. The molecule has 1 unspecified atom stereocenters. The van der Waals surface area contributed by atoms with Crippen molar-refractivity contribution in [2.45, 2.75) is 12.6 Å². The third-order valence-corrected chi connectivity index (χ3v) is 4.69. The molecule has 27 heavy (non-hydrogen) atoms. The number of nitrogens with zero attached hydrogens (tertiary/aromatic N) is 1. The van der Waals surface area contributed by atoms with E-state index in [0.717, 1.165) is 28.3 Å². The molecule has 0 bridgehead atoms. The van der Waals surface area contributed by atoms with E-state index >= 15 is 0 Å². The summed E-state index contributed by atoms with van der Waals surface area (Å²) < 4.78 is 0. The van der Waals surface area contributed by atoms with E-state index in [9.17, 15) is 5.11 Å². The Kier molecular flexibility index (Phi) is 6.83. The fraction of sp³-hybridized carbons (Fsp3) is 0.167. The molecule has 0 radical (unpaired) electrons. The first-order valence-electron chi connectivity index (χ1n) is 9.04. The van der Waals surface area contributed by atoms with Crippen molar-refractivity contribution >= 4 is 23.8 Å². The third kappa shape index (κ3) is 6.07. The molecule has 0 aliphatic rings. The molecular weight excluding hydrogens is 354 g/mol. The zero-order valence-electron chi connectivity index (χ0n) is 15.4. The van der Waals surface area contributed by atoms with Crippen LogP contribution in [0.3, 0.4) is 0 Å². The van der Waals surface area contributed by atoms with Crippen LogP contribution in [0.25, 0.3) is 12.2 Å². The molecule has 0 fully saturated rings. The van der Waals surface area contributed by atoms with Gasteiger partial charge in [-0.2, -0.15) is 0 Å². The van der Waals surface area contributed by atoms with Crippen LogP contribution in [0.2, 0.25) is 5.02 Å². The summed E-state index contributed by atoms with van der Waals surface area (Å²) in [4.78, 5) is 2.13. The largest absolute Gasteiger partial charge is 0.387 e. The van der Waals surface area contributed by atoms with E-state index in [-0.39, 0.29) is 0 Å². The lowest BCUT2D eigenvalue weighted by Crippen LogP contribution is -2.24. The van der Waals surface area contributed by atoms with E-state index in [1.54, 1.807) is 0 Å². The van der Waals surface area contributed by atoms with E-state index in [1.807, 2.05) is 73.8 Å². The maximum Gasteiger partial charge on any atom is 0.0916 e. The fourth-order valence-electron chi connectivity index (χ4n) is 2.96. The summed E-state index contributed by atoms with van der Waals surface area (Å²) in [7, 11) is 2.03. The molecule has 3 aromatic carbocycles. The lowest BCUT2D eigenvalue weighted by molar-refractivity contribution is 0.124. The van der Waals surface area contributed by atoms with E-state index in [4.69, 9.17) is 11.6 Å². The van der Waals surface area contributed by atoms with Crippen LogP contribution in [0.5, 0.6) is 0 Å². The van der Waals surface area contributed by atoms with E-state index in [1.165, 1.54) is 5.56 Å². The molecule has 0 spiro atoms. The average molecular weight is 378 g/mol. The summed E-state index contributed by atoms with van der Waals surface area (Å²) in [6, 6.07) is 26.1. The van der Waals surface area contributed by atoms with Gasteiger partial charge in [0.05, 0.1) is 6.10 Å². The maximum atomic E-state index is 10.5. The zero-order valence-corrected chi connectivity index (χ0v) is 16.2. The van der Waals surface area contributed by atoms with Crippen molar-refractivity contribution in [3.8, 4) is 0 Å². The van der Waals surface area contributed by atoms with Crippen molar-refractivity contribution in [2.24, 2.45) is 0 Å². The quantitative estimate of drug-likeness (QED) is 0.536. The minimum atomic E-state index is -0.506. The second-order valence-corrected chi connectivity index (χ2v) is 7.19. The van der Waals surface area contributed by atoms with Crippen molar-refractivity contribution in [3.63, 3.8) is 0 Å². The molecule has 3 rings (SSSR count). The van der Waals surface area contributed by atoms with Crippen molar-refractivity contribution in [1.29, 1.82) is 0 Å². The molecule has 1 N–H and O–H groups in total. The highest BCUT2D eigenvalue weighted by atomic mass is 35.5. The lowest BCUT2D eigenvalue weighted by Gasteiger charge is -2.21. The van der Waals surface area contributed by atoms with Gasteiger partial charge < -0.3 is 5.11 Å². The van der Waals surface area contributed by atoms with Gasteiger partial charge in [0.2, 0.25) is 0 Å². The van der Waals surface area contributed by atoms with E-state index in [0.29, 0.717) is 6.54 Å². The Morgan fingerprint density at radius 2 is 1.41 bits per heavy atom. The topological polar surface area (TPSA) is 23.5 Å². The molecular formula is C24H24ClNO. The summed E-state index contributed by atoms with van der Waals surface area (Å²) >= 11 is 5.91. The second-order valence-electron chi connectivity index (χ2n) is 6.75. The van der Waals surface area contributed by atoms with Crippen LogP contribution in [-0.4, -0.2) is 23.6 Å². The molecule has 3 aromatic rings. The van der Waals surface area contributed by atoms with Crippen LogP contribution in [0, 0.1) is 0 Å². The van der Waals surface area contributed by atoms with Crippen LogP contribution < -0.4 is 0 Å². The van der Waals surface area contributed by atoms with Gasteiger partial charge in [0.25, 0.3) is 0 Å². The average Bonchev–Trinajstić information content (AvgIpc) is 2.68. The maximum absolute atomic E-state index is 10.5. The molecule has 2 nitrogen and oxygen atoms in total. The van der Waals surface area contributed by atoms with Crippen LogP contribution in [-0.2, 0) is 6.54 Å². The Morgan fingerprint density at radius 3 is 2.00 bits per heavy atom. The summed E-state index contributed by atoms with van der Waals surface area (Å²) in [6.45, 7) is 1.41. The van der Waals surface area contributed by atoms with Crippen molar-refractivity contribution in [1.82, 2.24) is 4.90 Å². The SMILES string of the molecule is CN(Cc1ccccc1)CC(O)c1ccc(/C=C/c2ccc(Cl)cc2)cc1. The van der Waals surface area contributed by atoms with Gasteiger partial charge >= 0.3 is 0 Å². The van der Waals surface area contributed by atoms with Gasteiger partial charge in [0.15, 0.2) is 0 Å². The Morgan fingerprint density at radius 1 is 0.852 bits per heavy atom. The molecule has 0 amide bonds. The molecule has 1 atom stereocenters. The smallest absolute Gasteiger partial charge is 0.0916 e. The summed E-state index contributed by atoms with van der Waals surface area (Å²) in [6.07, 6.45) is 3.60. The molecule has 3 heteroatoms. The zero-order chi connectivity index (χ0) is 19.1. The number of halogens is 1. The predicted octanol–water partition coefficient (Wildman–Crippen LogP) is 5.68. The highest BCUT2D eigenvalue weighted by Crippen LogP contribution is 2.18. The van der Waals surface area contributed by atoms with Gasteiger partial charge in [0, 0.05) is 18.1 Å². The van der Waals surface area contributed by atoms with E-state index < -0.39 is 6.10 Å². The molecule has 138 valence electrons. The number of rotatable bonds is 7. The second kappa shape index (κ2) is 9.52. The first kappa shape index (κ1) is 19.4. The lowest BCUT2D eigenvalue weighted by atomic mass is 10.1. The Bertz CT molecular complexity index is 857. The fourth-order valence-corrected chi connectivity index (χ4v) is 3.08. The monoisotopic (exact) mass is 377 g/mol. The molecule has 0 aromatic heterocycles. The van der Waals surface area contributed by atoms with E-state index in [2.05, 4.69) is 29.2 Å². The Hall–Kier alpha value is -2.39. The summed E-state index contributed by atoms with van der Waals surface area (Å²) in [5.41, 5.74) is 4.37. The number of benzene rings is 3. The first-order valence-corrected chi connectivity index (χ1v) is 9.42. The summed E-state index contributed by atoms with van der Waals surface area (Å²) in [5.74, 6) is 0. The standard InChI is InChI=1S/C24H24ClNO/c1-26(17-21-5-3-2-4-6-21)18-24(27)22-13-9-19(10-14-22)7-8-20-11-15-23(25)16-12-20/h2-16,24,27H,17-18H2,1H3/b8-7+. The van der Waals surface area contributed by atoms with Crippen molar-refractivity contribution < 1.29 is 5.11 Å². The number of aliphatic hydroxyl groups is 1. The van der Waals surface area contributed by atoms with Gasteiger partial charge in [-0.15, -0.1) is 0 Å². The minimum absolute atomic E-state index is 0.506. The number of hydrogen-bond donors (Lipinski definition) is 1. The van der Waals surface area contributed by atoms with Crippen molar-refractivity contribution in [3.05, 3.63) is 106 Å². The van der Waals surface area contributed by atoms with Crippen LogP contribution in [0.15, 0.2) is 78.9 Å². The van der Waals surface area contributed by atoms with Gasteiger partial charge in [-0.1, -0.05) is 90.5 Å². The number of hydrogen-bond acceptors (Lipinski definition) is 2. The molecule has 0 aliphatic carbocycles. The Labute approximate surface area is 166 Å². The normalized spacial score (nSPS) is 12.6.